The van der Waals surface area contributed by atoms with Crippen LogP contribution in [-0.4, -0.2) is 34.1 Å². The largest absolute Gasteiger partial charge is 0.355 e. The zero-order chi connectivity index (χ0) is 17.2. The molecule has 0 bridgehead atoms. The van der Waals surface area contributed by atoms with Gasteiger partial charge in [-0.2, -0.15) is 0 Å². The average molecular weight is 335 g/mol. The van der Waals surface area contributed by atoms with Crippen LogP contribution in [0.3, 0.4) is 0 Å². The molecule has 1 aliphatic rings. The van der Waals surface area contributed by atoms with Gasteiger partial charge >= 0.3 is 0 Å². The lowest BCUT2D eigenvalue weighted by molar-refractivity contribution is 0.630. The van der Waals surface area contributed by atoms with Gasteiger partial charge in [-0.3, -0.25) is 4.98 Å². The molecule has 0 radical (unpaired) electrons. The smallest absolute Gasteiger partial charge is 0.165 e. The summed E-state index contributed by atoms with van der Waals surface area (Å²) in [5.41, 5.74) is 7.81. The Bertz CT molecular complexity index is 884. The summed E-state index contributed by atoms with van der Waals surface area (Å²) in [6, 6.07) is 14.2. The number of hydrogen-bond acceptors (Lipinski definition) is 5. The first kappa shape index (κ1) is 15.7. The molecule has 5 nitrogen and oxygen atoms in total. The number of nitrogens with two attached hydrogens (primary N) is 1. The fourth-order valence-electron chi connectivity index (χ4n) is 3.00. The van der Waals surface area contributed by atoms with Gasteiger partial charge in [0, 0.05) is 31.4 Å². The highest BCUT2D eigenvalue weighted by molar-refractivity contribution is 5.66. The molecule has 0 aliphatic carbocycles. The summed E-state index contributed by atoms with van der Waals surface area (Å²) < 4.78 is 14.3. The molecule has 1 aromatic carbocycles. The molecule has 4 rings (SSSR count). The zero-order valence-electron chi connectivity index (χ0n) is 13.6. The number of rotatable bonds is 3. The van der Waals surface area contributed by atoms with Crippen LogP contribution in [0.25, 0.3) is 22.8 Å². The van der Waals surface area contributed by atoms with Crippen molar-refractivity contribution in [3.8, 4) is 22.8 Å². The van der Waals surface area contributed by atoms with Crippen LogP contribution in [-0.2, 0) is 0 Å². The van der Waals surface area contributed by atoms with Crippen molar-refractivity contribution in [3.63, 3.8) is 0 Å². The second-order valence-corrected chi connectivity index (χ2v) is 6.12. The molecule has 1 fully saturated rings. The highest BCUT2D eigenvalue weighted by Gasteiger charge is 2.22. The maximum Gasteiger partial charge on any atom is 0.165 e. The fourth-order valence-corrected chi connectivity index (χ4v) is 3.00. The Balaban J connectivity index is 1.85. The molecule has 126 valence electrons. The Morgan fingerprint density at radius 3 is 2.60 bits per heavy atom. The SMILES string of the molecule is NC1CCN(c2cc(-c3ccccn3)nc(-c3ccccc3F)n2)C1. The summed E-state index contributed by atoms with van der Waals surface area (Å²) >= 11 is 0. The summed E-state index contributed by atoms with van der Waals surface area (Å²) in [6.07, 6.45) is 2.63. The van der Waals surface area contributed by atoms with Gasteiger partial charge < -0.3 is 10.6 Å². The van der Waals surface area contributed by atoms with Gasteiger partial charge in [-0.1, -0.05) is 18.2 Å². The lowest BCUT2D eigenvalue weighted by Crippen LogP contribution is -2.27. The van der Waals surface area contributed by atoms with Gasteiger partial charge in [0.15, 0.2) is 5.82 Å². The predicted molar refractivity (Wildman–Crippen MR) is 95.5 cm³/mol. The van der Waals surface area contributed by atoms with Crippen LogP contribution in [0.15, 0.2) is 54.7 Å². The van der Waals surface area contributed by atoms with E-state index in [0.29, 0.717) is 17.1 Å². The van der Waals surface area contributed by atoms with Gasteiger partial charge in [0.25, 0.3) is 0 Å². The van der Waals surface area contributed by atoms with E-state index in [1.54, 1.807) is 24.4 Å². The van der Waals surface area contributed by atoms with E-state index in [9.17, 15) is 4.39 Å². The Morgan fingerprint density at radius 2 is 1.88 bits per heavy atom. The van der Waals surface area contributed by atoms with Crippen molar-refractivity contribution in [2.45, 2.75) is 12.5 Å². The molecule has 1 aliphatic heterocycles. The highest BCUT2D eigenvalue weighted by Crippen LogP contribution is 2.27. The maximum absolute atomic E-state index is 14.3. The molecule has 2 N–H and O–H groups in total. The number of benzene rings is 1. The van der Waals surface area contributed by atoms with Crippen LogP contribution >= 0.6 is 0 Å². The molecule has 2 aromatic heterocycles. The van der Waals surface area contributed by atoms with Gasteiger partial charge in [0.1, 0.15) is 11.6 Å². The molecular formula is C19H18FN5. The minimum atomic E-state index is -0.343. The number of halogens is 1. The van der Waals surface area contributed by atoms with Crippen molar-refractivity contribution in [1.82, 2.24) is 15.0 Å². The van der Waals surface area contributed by atoms with Crippen LogP contribution in [0.2, 0.25) is 0 Å². The van der Waals surface area contributed by atoms with Gasteiger partial charge in [-0.05, 0) is 30.7 Å². The first-order valence-corrected chi connectivity index (χ1v) is 8.26. The maximum atomic E-state index is 14.3. The molecule has 1 unspecified atom stereocenters. The fraction of sp³-hybridized carbons (Fsp3) is 0.211. The molecular weight excluding hydrogens is 317 g/mol. The third kappa shape index (κ3) is 3.21. The second kappa shape index (κ2) is 6.57. The standard InChI is InChI=1S/C19H18FN5/c20-15-6-2-1-5-14(15)19-23-17(16-7-3-4-9-22-16)11-18(24-19)25-10-8-13(21)12-25/h1-7,9,11,13H,8,10,12,21H2. The van der Waals surface area contributed by atoms with E-state index >= 15 is 0 Å². The van der Waals surface area contributed by atoms with E-state index in [2.05, 4.69) is 19.9 Å². The monoisotopic (exact) mass is 335 g/mol. The van der Waals surface area contributed by atoms with E-state index < -0.39 is 0 Å². The molecule has 3 aromatic rings. The van der Waals surface area contributed by atoms with Gasteiger partial charge in [0.05, 0.1) is 17.0 Å². The highest BCUT2D eigenvalue weighted by atomic mass is 19.1. The Hall–Kier alpha value is -2.86. The van der Waals surface area contributed by atoms with Crippen LogP contribution in [0.5, 0.6) is 0 Å². The number of hydrogen-bond donors (Lipinski definition) is 1. The van der Waals surface area contributed by atoms with Crippen LogP contribution in [0.1, 0.15) is 6.42 Å². The quantitative estimate of drug-likeness (QED) is 0.797. The normalized spacial score (nSPS) is 17.0. The summed E-state index contributed by atoms with van der Waals surface area (Å²) in [7, 11) is 0. The minimum absolute atomic E-state index is 0.130. The van der Waals surface area contributed by atoms with Crippen molar-refractivity contribution in [3.05, 3.63) is 60.5 Å². The Kier molecular flexibility index (Phi) is 4.11. The molecule has 1 atom stereocenters. The lowest BCUT2D eigenvalue weighted by Gasteiger charge is -2.18. The average Bonchev–Trinajstić information content (AvgIpc) is 3.09. The summed E-state index contributed by atoms with van der Waals surface area (Å²) in [4.78, 5) is 15.6. The van der Waals surface area contributed by atoms with E-state index in [1.165, 1.54) is 6.07 Å². The van der Waals surface area contributed by atoms with Crippen molar-refractivity contribution < 1.29 is 4.39 Å². The molecule has 25 heavy (non-hydrogen) atoms. The predicted octanol–water partition coefficient (Wildman–Crippen LogP) is 2.88. The molecule has 0 spiro atoms. The first-order valence-electron chi connectivity index (χ1n) is 8.26. The van der Waals surface area contributed by atoms with E-state index in [0.717, 1.165) is 31.0 Å². The molecule has 1 saturated heterocycles. The van der Waals surface area contributed by atoms with Crippen molar-refractivity contribution >= 4 is 5.82 Å². The van der Waals surface area contributed by atoms with E-state index in [-0.39, 0.29) is 11.9 Å². The second-order valence-electron chi connectivity index (χ2n) is 6.12. The topological polar surface area (TPSA) is 67.9 Å². The van der Waals surface area contributed by atoms with Crippen molar-refractivity contribution in [2.75, 3.05) is 18.0 Å². The number of pyridine rings is 1. The number of anilines is 1. The Morgan fingerprint density at radius 1 is 1.04 bits per heavy atom. The third-order valence-electron chi connectivity index (χ3n) is 4.30. The van der Waals surface area contributed by atoms with Crippen LogP contribution in [0, 0.1) is 5.82 Å². The van der Waals surface area contributed by atoms with E-state index in [1.807, 2.05) is 24.3 Å². The summed E-state index contributed by atoms with van der Waals surface area (Å²) in [6.45, 7) is 1.56. The van der Waals surface area contributed by atoms with Crippen molar-refractivity contribution in [1.29, 1.82) is 0 Å². The summed E-state index contributed by atoms with van der Waals surface area (Å²) in [5, 5.41) is 0. The van der Waals surface area contributed by atoms with Crippen molar-refractivity contribution in [2.24, 2.45) is 5.73 Å². The molecule has 3 heterocycles. The minimum Gasteiger partial charge on any atom is -0.355 e. The van der Waals surface area contributed by atoms with Gasteiger partial charge in [-0.15, -0.1) is 0 Å². The molecule has 0 saturated carbocycles. The van der Waals surface area contributed by atoms with Gasteiger partial charge in [-0.25, -0.2) is 14.4 Å². The summed E-state index contributed by atoms with van der Waals surface area (Å²) in [5.74, 6) is 0.767. The Labute approximate surface area is 145 Å². The third-order valence-corrected chi connectivity index (χ3v) is 4.30. The van der Waals surface area contributed by atoms with Crippen LogP contribution in [0.4, 0.5) is 10.2 Å². The number of nitrogens with zero attached hydrogens (tertiary/aromatic N) is 4. The van der Waals surface area contributed by atoms with E-state index in [4.69, 9.17) is 5.73 Å². The zero-order valence-corrected chi connectivity index (χ0v) is 13.6. The first-order chi connectivity index (χ1) is 12.2. The number of aromatic nitrogens is 3. The van der Waals surface area contributed by atoms with Crippen LogP contribution < -0.4 is 10.6 Å². The van der Waals surface area contributed by atoms with Gasteiger partial charge in [0.2, 0.25) is 0 Å². The molecule has 6 heteroatoms. The molecule has 0 amide bonds. The lowest BCUT2D eigenvalue weighted by atomic mass is 10.2.